The number of rotatable bonds is 4. The Balaban J connectivity index is 2.01. The van der Waals surface area contributed by atoms with Crippen LogP contribution in [0.25, 0.3) is 11.8 Å². The number of benzene rings is 1. The Morgan fingerprint density at radius 2 is 1.65 bits per heavy atom. The van der Waals surface area contributed by atoms with Gasteiger partial charge >= 0.3 is 6.03 Å². The van der Waals surface area contributed by atoms with Crippen LogP contribution in [-0.4, -0.2) is 28.0 Å². The number of amides is 3. The van der Waals surface area contributed by atoms with Crippen LogP contribution in [0.4, 0.5) is 4.79 Å². The molecule has 1 fully saturated rings. The summed E-state index contributed by atoms with van der Waals surface area (Å²) in [6, 6.07) is 8.15. The number of aryl methyl sites for hydroxylation is 3. The minimum atomic E-state index is -0.341. The molecule has 1 aromatic heterocycles. The maximum absolute atomic E-state index is 12.4. The molecule has 0 aliphatic carbocycles. The van der Waals surface area contributed by atoms with Crippen LogP contribution in [0.5, 0.6) is 0 Å². The quantitative estimate of drug-likeness (QED) is 0.668. The molecule has 2 heterocycles. The predicted molar refractivity (Wildman–Crippen MR) is 103 cm³/mol. The zero-order valence-corrected chi connectivity index (χ0v) is 16.0. The van der Waals surface area contributed by atoms with Gasteiger partial charge in [0.2, 0.25) is 0 Å². The highest BCUT2D eigenvalue weighted by Gasteiger charge is 2.32. The van der Waals surface area contributed by atoms with Crippen LogP contribution in [0.2, 0.25) is 0 Å². The number of nitrogens with one attached hydrogen (secondary N) is 1. The van der Waals surface area contributed by atoms with Gasteiger partial charge in [0.25, 0.3) is 5.91 Å². The molecule has 1 saturated heterocycles. The van der Waals surface area contributed by atoms with Crippen molar-refractivity contribution in [1.82, 2.24) is 14.8 Å². The SMILES string of the molecule is CCCN1C(=O)N/C(=C/c2cc(C)n(-c3cc(C)cc(C)c3)c2C)C1=O. The van der Waals surface area contributed by atoms with Crippen molar-refractivity contribution < 1.29 is 9.59 Å². The molecule has 0 atom stereocenters. The summed E-state index contributed by atoms with van der Waals surface area (Å²) in [5.41, 5.74) is 6.92. The van der Waals surface area contributed by atoms with Crippen molar-refractivity contribution in [3.63, 3.8) is 0 Å². The fourth-order valence-corrected chi connectivity index (χ4v) is 3.56. The van der Waals surface area contributed by atoms with Crippen LogP contribution < -0.4 is 5.32 Å². The van der Waals surface area contributed by atoms with Gasteiger partial charge in [-0.1, -0.05) is 13.0 Å². The molecule has 1 N–H and O–H groups in total. The van der Waals surface area contributed by atoms with E-state index in [9.17, 15) is 9.59 Å². The molecule has 0 spiro atoms. The van der Waals surface area contributed by atoms with Crippen LogP contribution in [-0.2, 0) is 4.79 Å². The van der Waals surface area contributed by atoms with E-state index in [1.54, 1.807) is 6.08 Å². The van der Waals surface area contributed by atoms with Gasteiger partial charge in [0.1, 0.15) is 5.70 Å². The first-order chi connectivity index (χ1) is 12.3. The summed E-state index contributed by atoms with van der Waals surface area (Å²) in [5, 5.41) is 2.69. The van der Waals surface area contributed by atoms with Crippen LogP contribution in [0.15, 0.2) is 30.0 Å². The molecule has 5 nitrogen and oxygen atoms in total. The molecule has 136 valence electrons. The number of hydrogen-bond acceptors (Lipinski definition) is 2. The molecule has 26 heavy (non-hydrogen) atoms. The zero-order valence-electron chi connectivity index (χ0n) is 16.0. The van der Waals surface area contributed by atoms with Gasteiger partial charge in [0.05, 0.1) is 0 Å². The Kier molecular flexibility index (Phi) is 4.72. The third-order valence-corrected chi connectivity index (χ3v) is 4.64. The highest BCUT2D eigenvalue weighted by Crippen LogP contribution is 2.25. The van der Waals surface area contributed by atoms with Crippen LogP contribution in [0, 0.1) is 27.7 Å². The average Bonchev–Trinajstić information content (AvgIpc) is 2.97. The van der Waals surface area contributed by atoms with Crippen LogP contribution in [0.3, 0.4) is 0 Å². The fraction of sp³-hybridized carbons (Fsp3) is 0.333. The van der Waals surface area contributed by atoms with Crippen molar-refractivity contribution >= 4 is 18.0 Å². The van der Waals surface area contributed by atoms with E-state index in [4.69, 9.17) is 0 Å². The third-order valence-electron chi connectivity index (χ3n) is 4.64. The fourth-order valence-electron chi connectivity index (χ4n) is 3.56. The zero-order chi connectivity index (χ0) is 19.0. The lowest BCUT2D eigenvalue weighted by molar-refractivity contribution is -0.122. The van der Waals surface area contributed by atoms with Crippen molar-refractivity contribution in [1.29, 1.82) is 0 Å². The van der Waals surface area contributed by atoms with Crippen molar-refractivity contribution in [2.75, 3.05) is 6.54 Å². The van der Waals surface area contributed by atoms with E-state index in [2.05, 4.69) is 41.9 Å². The summed E-state index contributed by atoms with van der Waals surface area (Å²) >= 11 is 0. The second kappa shape index (κ2) is 6.83. The summed E-state index contributed by atoms with van der Waals surface area (Å²) in [4.78, 5) is 25.7. The Morgan fingerprint density at radius 3 is 2.27 bits per heavy atom. The molecule has 1 aliphatic rings. The Labute approximate surface area is 154 Å². The van der Waals surface area contributed by atoms with E-state index in [0.29, 0.717) is 12.2 Å². The Morgan fingerprint density at radius 1 is 1.00 bits per heavy atom. The minimum Gasteiger partial charge on any atom is -0.318 e. The lowest BCUT2D eigenvalue weighted by Crippen LogP contribution is -2.31. The number of urea groups is 1. The van der Waals surface area contributed by atoms with Crippen molar-refractivity contribution in [3.05, 3.63) is 58.0 Å². The Bertz CT molecular complexity index is 901. The number of carbonyl (C=O) groups excluding carboxylic acids is 2. The minimum absolute atomic E-state index is 0.256. The lowest BCUT2D eigenvalue weighted by Gasteiger charge is -2.12. The van der Waals surface area contributed by atoms with E-state index < -0.39 is 0 Å². The van der Waals surface area contributed by atoms with E-state index in [1.165, 1.54) is 16.0 Å². The standard InChI is InChI=1S/C21H25N3O2/c1-6-7-23-20(25)19(22-21(23)26)12-17-11-15(4)24(16(17)5)18-9-13(2)8-14(3)10-18/h8-12H,6-7H2,1-5H3,(H,22,26)/b19-12+. The molecule has 3 rings (SSSR count). The average molecular weight is 351 g/mol. The molecule has 3 amide bonds. The molecule has 1 aromatic carbocycles. The second-order valence-electron chi connectivity index (χ2n) is 6.95. The van der Waals surface area contributed by atoms with Gasteiger partial charge in [0.15, 0.2) is 0 Å². The monoisotopic (exact) mass is 351 g/mol. The van der Waals surface area contributed by atoms with Gasteiger partial charge in [-0.05, 0) is 75.1 Å². The molecule has 5 heteroatoms. The summed E-state index contributed by atoms with van der Waals surface area (Å²) in [6.45, 7) is 10.6. The first-order valence-corrected chi connectivity index (χ1v) is 8.94. The summed E-state index contributed by atoms with van der Waals surface area (Å²) in [5.74, 6) is -0.256. The molecule has 0 bridgehead atoms. The van der Waals surface area contributed by atoms with E-state index in [-0.39, 0.29) is 11.9 Å². The molecule has 2 aromatic rings. The van der Waals surface area contributed by atoms with Crippen LogP contribution >= 0.6 is 0 Å². The number of imide groups is 1. The second-order valence-corrected chi connectivity index (χ2v) is 6.95. The molecule has 0 unspecified atom stereocenters. The molecule has 0 saturated carbocycles. The number of nitrogens with zero attached hydrogens (tertiary/aromatic N) is 2. The lowest BCUT2D eigenvalue weighted by atomic mass is 10.1. The van der Waals surface area contributed by atoms with E-state index >= 15 is 0 Å². The molecular formula is C21H25N3O2. The van der Waals surface area contributed by atoms with Crippen LogP contribution in [0.1, 0.15) is 41.4 Å². The molecular weight excluding hydrogens is 326 g/mol. The normalized spacial score (nSPS) is 15.9. The number of carbonyl (C=O) groups is 2. The number of aromatic nitrogens is 1. The smallest absolute Gasteiger partial charge is 0.318 e. The van der Waals surface area contributed by atoms with Gasteiger partial charge in [-0.25, -0.2) is 4.79 Å². The first kappa shape index (κ1) is 18.0. The van der Waals surface area contributed by atoms with Crippen molar-refractivity contribution in [2.45, 2.75) is 41.0 Å². The first-order valence-electron chi connectivity index (χ1n) is 8.94. The maximum Gasteiger partial charge on any atom is 0.329 e. The highest BCUT2D eigenvalue weighted by atomic mass is 16.2. The maximum atomic E-state index is 12.4. The predicted octanol–water partition coefficient (Wildman–Crippen LogP) is 4.01. The van der Waals surface area contributed by atoms with Gasteiger partial charge in [-0.15, -0.1) is 0 Å². The van der Waals surface area contributed by atoms with Gasteiger partial charge < -0.3 is 9.88 Å². The third kappa shape index (κ3) is 3.17. The van der Waals surface area contributed by atoms with Gasteiger partial charge in [-0.3, -0.25) is 9.69 Å². The highest BCUT2D eigenvalue weighted by molar-refractivity contribution is 6.14. The van der Waals surface area contributed by atoms with E-state index in [0.717, 1.165) is 29.1 Å². The van der Waals surface area contributed by atoms with Gasteiger partial charge in [-0.2, -0.15) is 0 Å². The largest absolute Gasteiger partial charge is 0.329 e. The van der Waals surface area contributed by atoms with Crippen molar-refractivity contribution in [2.24, 2.45) is 0 Å². The summed E-state index contributed by atoms with van der Waals surface area (Å²) in [7, 11) is 0. The molecule has 1 aliphatic heterocycles. The van der Waals surface area contributed by atoms with Gasteiger partial charge in [0, 0.05) is 23.6 Å². The molecule has 0 radical (unpaired) electrons. The van der Waals surface area contributed by atoms with Crippen molar-refractivity contribution in [3.8, 4) is 5.69 Å². The van der Waals surface area contributed by atoms with E-state index in [1.807, 2.05) is 26.8 Å². The Hall–Kier alpha value is -2.82. The number of hydrogen-bond donors (Lipinski definition) is 1. The summed E-state index contributed by atoms with van der Waals surface area (Å²) < 4.78 is 2.18. The topological polar surface area (TPSA) is 54.3 Å². The summed E-state index contributed by atoms with van der Waals surface area (Å²) in [6.07, 6.45) is 2.52.